The fourth-order valence-electron chi connectivity index (χ4n) is 4.87. The number of hydrogen-bond acceptors (Lipinski definition) is 5. The molecule has 57 heavy (non-hydrogen) atoms. The lowest BCUT2D eigenvalue weighted by Gasteiger charge is -2.35. The molecule has 0 unspecified atom stereocenters. The molecule has 17 radical (unpaired) electrons. The minimum atomic E-state index is -0.754. The highest BCUT2D eigenvalue weighted by Gasteiger charge is 2.36. The molecule has 5 N–H and O–H groups in total. The molecular weight excluding hydrogens is 701 g/mol. The number of carbonyl (C=O) groups is 2. The molecule has 4 rings (SSSR count). The van der Waals surface area contributed by atoms with E-state index < -0.39 is 56.0 Å². The summed E-state index contributed by atoms with van der Waals surface area (Å²) in [6.45, 7) is 7.38. The van der Waals surface area contributed by atoms with Crippen molar-refractivity contribution in [2.45, 2.75) is 12.8 Å². The van der Waals surface area contributed by atoms with Crippen molar-refractivity contribution >= 4 is 142 Å². The quantitative estimate of drug-likeness (QED) is 0.183. The molecule has 2 aromatic carbocycles. The topological polar surface area (TPSA) is 105 Å². The Balaban J connectivity index is 0.000000381. The van der Waals surface area contributed by atoms with E-state index in [1.807, 2.05) is 0 Å². The van der Waals surface area contributed by atoms with Crippen LogP contribution in [-0.2, 0) is 22.4 Å². The summed E-state index contributed by atoms with van der Waals surface area (Å²) in [6.07, 6.45) is -3.39. The van der Waals surface area contributed by atoms with Gasteiger partial charge in [-0.2, -0.15) is 0 Å². The molecule has 7 nitrogen and oxygen atoms in total. The Bertz CT molecular complexity index is 2170. The maximum atomic E-state index is 13.4. The van der Waals surface area contributed by atoms with Gasteiger partial charge in [0.25, 0.3) is 0 Å². The van der Waals surface area contributed by atoms with Gasteiger partial charge in [-0.05, 0) is 118 Å². The summed E-state index contributed by atoms with van der Waals surface area (Å²) >= 11 is 0. The van der Waals surface area contributed by atoms with Crippen LogP contribution in [0.25, 0.3) is 0 Å². The van der Waals surface area contributed by atoms with Crippen molar-refractivity contribution < 1.29 is 23.1 Å². The molecular formula is C33H22B15F2N4O3. The number of benzene rings is 2. The van der Waals surface area contributed by atoms with Gasteiger partial charge in [-0.1, -0.05) is 11.5 Å². The van der Waals surface area contributed by atoms with Crippen LogP contribution in [0.5, 0.6) is 0 Å². The molecule has 251 valence electrons. The van der Waals surface area contributed by atoms with Gasteiger partial charge in [-0.25, -0.2) is 13.6 Å². The number of nitrogens with two attached hydrogens (primary N) is 1. The van der Waals surface area contributed by atoms with Crippen LogP contribution in [0, 0.1) is 11.6 Å². The van der Waals surface area contributed by atoms with Crippen molar-refractivity contribution in [2.24, 2.45) is 0 Å². The molecule has 2 heterocycles. The predicted octanol–water partition coefficient (Wildman–Crippen LogP) is -0.0190. The zero-order valence-corrected chi connectivity index (χ0v) is 31.1. The van der Waals surface area contributed by atoms with Crippen molar-refractivity contribution in [3.8, 4) is 0 Å². The molecule has 0 fully saturated rings. The Morgan fingerprint density at radius 3 is 1.74 bits per heavy atom. The summed E-state index contributed by atoms with van der Waals surface area (Å²) in [5.41, 5.74) is 40.5. The second-order valence-corrected chi connectivity index (χ2v) is 11.4. The molecule has 2 aliphatic heterocycles. The Kier molecular flexibility index (Phi) is 23.6. The lowest BCUT2D eigenvalue weighted by molar-refractivity contribution is -0.115. The van der Waals surface area contributed by atoms with E-state index >= 15 is 0 Å². The smallest absolute Gasteiger partial charge is 0.411 e. The third-order valence-corrected chi connectivity index (χ3v) is 7.42. The maximum absolute atomic E-state index is 13.4. The van der Waals surface area contributed by atoms with Crippen molar-refractivity contribution in [1.29, 1.82) is 0 Å². The van der Waals surface area contributed by atoms with Crippen molar-refractivity contribution in [3.63, 3.8) is 0 Å². The summed E-state index contributed by atoms with van der Waals surface area (Å²) in [7, 11) is 47.0. The van der Waals surface area contributed by atoms with E-state index in [4.69, 9.17) is 67.6 Å². The number of amides is 2. The lowest BCUT2D eigenvalue weighted by atomic mass is 8.46. The maximum Gasteiger partial charge on any atom is 0.411 e. The van der Waals surface area contributed by atoms with Crippen LogP contribution >= 0.6 is 0 Å². The van der Waals surface area contributed by atoms with Crippen molar-refractivity contribution in [3.05, 3.63) is 135 Å². The molecule has 0 aromatic heterocycles. The van der Waals surface area contributed by atoms with Crippen LogP contribution in [0.4, 0.5) is 36.3 Å². The Morgan fingerprint density at radius 2 is 1.28 bits per heavy atom. The second-order valence-electron chi connectivity index (χ2n) is 11.4. The first kappa shape index (κ1) is 49.5. The van der Waals surface area contributed by atoms with Crippen molar-refractivity contribution in [1.82, 2.24) is 0 Å². The average Bonchev–Trinajstić information content (AvgIpc) is 3.77. The summed E-state index contributed by atoms with van der Waals surface area (Å²) in [5.74, 6) is -1.02. The van der Waals surface area contributed by atoms with Crippen LogP contribution in [-0.4, -0.2) is 133 Å². The molecule has 2 amide bonds. The number of hydrogen-bond donors (Lipinski definition) is 4. The number of nitrogens with one attached hydrogen (secondary N) is 3. The van der Waals surface area contributed by atoms with Gasteiger partial charge >= 0.3 is 6.09 Å². The first-order valence-electron chi connectivity index (χ1n) is 16.5. The van der Waals surface area contributed by atoms with E-state index in [0.717, 1.165) is 24.2 Å². The molecule has 0 bridgehead atoms. The van der Waals surface area contributed by atoms with Crippen LogP contribution in [0.3, 0.4) is 0 Å². The summed E-state index contributed by atoms with van der Waals surface area (Å²) in [4.78, 5) is 21.8. The van der Waals surface area contributed by atoms with E-state index in [9.17, 15) is 18.4 Å². The standard InChI is InChI=1S/C15H4.C10H11FN2O2.C8H7FN2O.B15/c1-3-5-7-9-11-13-15-14-12-10-8-6-4-2;1-15-10(14)13-9-5-8-6(2-3-12-8)4-7(9)11;9-5-1-4-2-8(12)11-7(4)3-6(5)10;1-9-13(8)15(12(6)7)14(10(2)3)11(4)5/h1-2H2;4-5,12H,2-3H2,1H3,(H,13,14);1,3H,2,10H2,(H,11,12);. The predicted molar refractivity (Wildman–Crippen MR) is 241 cm³/mol. The molecule has 2 aromatic rings. The fraction of sp³-hybridized carbons (Fsp3) is 0.121. The van der Waals surface area contributed by atoms with Crippen LogP contribution < -0.4 is 21.7 Å². The van der Waals surface area contributed by atoms with Gasteiger partial charge in [0.2, 0.25) is 5.91 Å². The zero-order valence-electron chi connectivity index (χ0n) is 31.1. The van der Waals surface area contributed by atoms with E-state index in [1.165, 1.54) is 32.4 Å². The van der Waals surface area contributed by atoms with Gasteiger partial charge < -0.3 is 21.1 Å². The minimum absolute atomic E-state index is 0.0657. The Morgan fingerprint density at radius 1 is 0.789 bits per heavy atom. The number of anilines is 4. The van der Waals surface area contributed by atoms with Gasteiger partial charge in [0.05, 0.1) is 24.9 Å². The van der Waals surface area contributed by atoms with E-state index in [-0.39, 0.29) is 23.7 Å². The van der Waals surface area contributed by atoms with E-state index in [1.54, 1.807) is 6.07 Å². The number of carbonyl (C=O) groups excluding carboxylic acids is 2. The number of halogens is 2. The Hall–Kier alpha value is -5.51. The number of ether oxygens (including phenoxy) is 1. The molecule has 0 atom stereocenters. The Labute approximate surface area is 346 Å². The van der Waals surface area contributed by atoms with Crippen LogP contribution in [0.2, 0.25) is 0 Å². The molecule has 0 spiro atoms. The lowest BCUT2D eigenvalue weighted by Crippen LogP contribution is -2.73. The van der Waals surface area contributed by atoms with Crippen molar-refractivity contribution in [2.75, 3.05) is 35.3 Å². The molecule has 0 saturated carbocycles. The van der Waals surface area contributed by atoms with Gasteiger partial charge in [0.15, 0.2) is 0 Å². The first-order valence-corrected chi connectivity index (χ1v) is 16.5. The number of methoxy groups -OCH3 is 1. The van der Waals surface area contributed by atoms with Gasteiger partial charge in [0.1, 0.15) is 11.6 Å². The third-order valence-electron chi connectivity index (χ3n) is 7.42. The number of fused-ring (bicyclic) bond motifs is 2. The minimum Gasteiger partial charge on any atom is -0.453 e. The zero-order chi connectivity index (χ0) is 42.9. The van der Waals surface area contributed by atoms with E-state index in [0.29, 0.717) is 11.3 Å². The number of nitrogen functional groups attached to an aromatic ring is 1. The van der Waals surface area contributed by atoms with Gasteiger partial charge in [0, 0.05) is 125 Å². The summed E-state index contributed by atoms with van der Waals surface area (Å²) in [6, 6.07) is 5.74. The van der Waals surface area contributed by atoms with Crippen LogP contribution in [0.1, 0.15) is 11.1 Å². The molecule has 24 heteroatoms. The molecule has 0 saturated heterocycles. The molecule has 2 aliphatic rings. The second kappa shape index (κ2) is 27.2. The highest BCUT2D eigenvalue weighted by molar-refractivity contribution is 8.12. The summed E-state index contributed by atoms with van der Waals surface area (Å²) in [5, 5.41) is 7.99. The SMILES string of the molecule is C=C=C=C=C=C=C=C=C=C=C=C=C=C=C.COC(=O)Nc1cc2c(cc1F)CCN2.Nc1cc2c(cc1F)CC(=O)N2.[B][B]B([B])B(B([B])[B])B(B([B])[B])B([B])[B]. The van der Waals surface area contributed by atoms with Gasteiger partial charge in [-0.3, -0.25) is 10.1 Å². The fourth-order valence-corrected chi connectivity index (χ4v) is 4.87. The third kappa shape index (κ3) is 18.3. The van der Waals surface area contributed by atoms with E-state index in [2.05, 4.69) is 108 Å². The highest BCUT2D eigenvalue weighted by Crippen LogP contribution is 2.29. The molecule has 0 aliphatic carbocycles. The number of rotatable bonds is 7. The normalized spacial score (nSPS) is 9.70. The monoisotopic (exact) mass is 725 g/mol. The first-order chi connectivity index (χ1) is 27.1. The largest absolute Gasteiger partial charge is 0.453 e. The summed E-state index contributed by atoms with van der Waals surface area (Å²) < 4.78 is 30.7. The van der Waals surface area contributed by atoms with Crippen LogP contribution in [0.15, 0.2) is 112 Å². The highest BCUT2D eigenvalue weighted by atomic mass is 19.1. The average molecular weight is 723 g/mol. The van der Waals surface area contributed by atoms with Gasteiger partial charge in [-0.15, -0.1) is 0 Å².